The number of thiocarbonyl (C=S) groups is 1. The van der Waals surface area contributed by atoms with Crippen LogP contribution in [-0.2, 0) is 4.79 Å². The third kappa shape index (κ3) is 6.61. The number of nitrogens with one attached hydrogen (secondary N) is 2. The van der Waals surface area contributed by atoms with E-state index in [0.717, 1.165) is 5.69 Å². The fourth-order valence-corrected chi connectivity index (χ4v) is 4.21. The molecule has 2 amide bonds. The minimum atomic E-state index is -0.382. The van der Waals surface area contributed by atoms with Crippen molar-refractivity contribution < 1.29 is 14.3 Å². The maximum atomic E-state index is 12.5. The normalized spacial score (nSPS) is 13.9. The molecule has 0 saturated carbocycles. The van der Waals surface area contributed by atoms with Crippen LogP contribution >= 0.6 is 23.8 Å². The van der Waals surface area contributed by atoms with Gasteiger partial charge in [0.05, 0.1) is 17.3 Å². The van der Waals surface area contributed by atoms with Crippen molar-refractivity contribution >= 4 is 52.1 Å². The average Bonchev–Trinajstić information content (AvgIpc) is 2.78. The Balaban J connectivity index is 1.57. The molecule has 1 aliphatic rings. The Morgan fingerprint density at radius 2 is 1.79 bits per heavy atom. The summed E-state index contributed by atoms with van der Waals surface area (Å²) in [6, 6.07) is 12.5. The smallest absolute Gasteiger partial charge is 0.257 e. The van der Waals surface area contributed by atoms with Crippen molar-refractivity contribution in [3.05, 3.63) is 53.1 Å². The van der Waals surface area contributed by atoms with Gasteiger partial charge >= 0.3 is 0 Å². The summed E-state index contributed by atoms with van der Waals surface area (Å²) in [5, 5.41) is 6.42. The molecule has 0 atom stereocenters. The molecule has 1 saturated heterocycles. The molecule has 182 valence electrons. The Kier molecular flexibility index (Phi) is 8.38. The van der Waals surface area contributed by atoms with Gasteiger partial charge in [-0.3, -0.25) is 14.9 Å². The quantitative estimate of drug-likeness (QED) is 0.584. The number of carbonyl (C=O) groups is 2. The van der Waals surface area contributed by atoms with E-state index in [0.29, 0.717) is 54.8 Å². The summed E-state index contributed by atoms with van der Waals surface area (Å²) in [5.41, 5.74) is 1.64. The number of benzene rings is 2. The molecular formula is C25H31ClN4O3S. The molecular weight excluding hydrogens is 472 g/mol. The molecule has 7 nitrogen and oxygen atoms in total. The van der Waals surface area contributed by atoms with Crippen molar-refractivity contribution in [3.8, 4) is 5.75 Å². The number of piperazine rings is 1. The summed E-state index contributed by atoms with van der Waals surface area (Å²) >= 11 is 11.9. The zero-order valence-electron chi connectivity index (χ0n) is 20.0. The third-order valence-electron chi connectivity index (χ3n) is 5.39. The van der Waals surface area contributed by atoms with Crippen LogP contribution in [0.5, 0.6) is 5.75 Å². The van der Waals surface area contributed by atoms with Crippen molar-refractivity contribution in [3.63, 3.8) is 0 Å². The molecule has 9 heteroatoms. The van der Waals surface area contributed by atoms with Gasteiger partial charge in [0.25, 0.3) is 5.91 Å². The molecule has 1 fully saturated rings. The van der Waals surface area contributed by atoms with Crippen molar-refractivity contribution in [2.45, 2.75) is 27.7 Å². The lowest BCUT2D eigenvalue weighted by molar-refractivity contribution is -0.139. The molecule has 1 heterocycles. The predicted molar refractivity (Wildman–Crippen MR) is 141 cm³/mol. The van der Waals surface area contributed by atoms with Gasteiger partial charge in [0.2, 0.25) is 5.91 Å². The van der Waals surface area contributed by atoms with Gasteiger partial charge in [0, 0.05) is 42.8 Å². The molecule has 2 aromatic rings. The minimum Gasteiger partial charge on any atom is -0.494 e. The van der Waals surface area contributed by atoms with Crippen LogP contribution in [0.3, 0.4) is 0 Å². The highest BCUT2D eigenvalue weighted by Crippen LogP contribution is 2.30. The van der Waals surface area contributed by atoms with Crippen molar-refractivity contribution in [2.75, 3.05) is 43.0 Å². The maximum Gasteiger partial charge on any atom is 0.257 e. The highest BCUT2D eigenvalue weighted by molar-refractivity contribution is 7.80. The van der Waals surface area contributed by atoms with E-state index in [-0.39, 0.29) is 22.3 Å². The molecule has 1 aliphatic heterocycles. The number of rotatable bonds is 5. The van der Waals surface area contributed by atoms with E-state index in [1.54, 1.807) is 30.3 Å². The van der Waals surface area contributed by atoms with E-state index in [1.807, 2.05) is 44.7 Å². The summed E-state index contributed by atoms with van der Waals surface area (Å²) in [4.78, 5) is 29.1. The second-order valence-electron chi connectivity index (χ2n) is 9.06. The number of nitrogens with zero attached hydrogens (tertiary/aromatic N) is 2. The number of carbonyl (C=O) groups excluding carboxylic acids is 2. The van der Waals surface area contributed by atoms with Crippen molar-refractivity contribution in [1.82, 2.24) is 10.2 Å². The standard InChI is InChI=1S/C25H31ClN4O3S/c1-5-33-19-8-6-7-17(15-19)22(31)28-24(34)27-18-9-10-21(20(26)16-18)29-11-13-30(14-12-29)23(32)25(2,3)4/h6-10,15-16H,5,11-14H2,1-4H3,(H2,27,28,31,34). The fourth-order valence-electron chi connectivity index (χ4n) is 3.70. The number of anilines is 2. The van der Waals surface area contributed by atoms with Crippen LogP contribution < -0.4 is 20.3 Å². The number of ether oxygens (including phenoxy) is 1. The molecule has 2 N–H and O–H groups in total. The second kappa shape index (κ2) is 11.1. The summed E-state index contributed by atoms with van der Waals surface area (Å²) in [5.74, 6) is 0.461. The Labute approximate surface area is 211 Å². The van der Waals surface area contributed by atoms with Crippen LogP contribution in [-0.4, -0.2) is 54.6 Å². The largest absolute Gasteiger partial charge is 0.494 e. The fraction of sp³-hybridized carbons (Fsp3) is 0.400. The predicted octanol–water partition coefficient (Wildman–Crippen LogP) is 4.56. The van der Waals surface area contributed by atoms with Crippen LogP contribution in [0.15, 0.2) is 42.5 Å². The molecule has 0 aromatic heterocycles. The lowest BCUT2D eigenvalue weighted by Crippen LogP contribution is -2.51. The molecule has 34 heavy (non-hydrogen) atoms. The van der Waals surface area contributed by atoms with Gasteiger partial charge in [-0.15, -0.1) is 0 Å². The number of hydrogen-bond acceptors (Lipinski definition) is 5. The number of amides is 2. The van der Waals surface area contributed by atoms with Gasteiger partial charge in [0.15, 0.2) is 5.11 Å². The van der Waals surface area contributed by atoms with Gasteiger partial charge in [0.1, 0.15) is 5.75 Å². The minimum absolute atomic E-state index is 0.165. The Hall–Kier alpha value is -2.84. The molecule has 0 radical (unpaired) electrons. The first kappa shape index (κ1) is 25.8. The zero-order chi connectivity index (χ0) is 24.9. The Morgan fingerprint density at radius 3 is 2.41 bits per heavy atom. The van der Waals surface area contributed by atoms with Crippen LogP contribution in [0.2, 0.25) is 5.02 Å². The SMILES string of the molecule is CCOc1cccc(C(=O)NC(=S)Nc2ccc(N3CCN(C(=O)C(C)(C)C)CC3)c(Cl)c2)c1. The van der Waals surface area contributed by atoms with E-state index in [1.165, 1.54) is 0 Å². The third-order valence-corrected chi connectivity index (χ3v) is 5.90. The summed E-state index contributed by atoms with van der Waals surface area (Å²) in [6.07, 6.45) is 0. The average molecular weight is 503 g/mol. The van der Waals surface area contributed by atoms with E-state index in [2.05, 4.69) is 15.5 Å². The van der Waals surface area contributed by atoms with Gasteiger partial charge in [-0.1, -0.05) is 38.4 Å². The highest BCUT2D eigenvalue weighted by Gasteiger charge is 2.30. The molecule has 3 rings (SSSR count). The van der Waals surface area contributed by atoms with Crippen molar-refractivity contribution in [2.24, 2.45) is 5.41 Å². The first-order chi connectivity index (χ1) is 16.1. The number of hydrogen-bond donors (Lipinski definition) is 2. The Bertz CT molecular complexity index is 1060. The van der Waals surface area contributed by atoms with E-state index in [9.17, 15) is 9.59 Å². The monoisotopic (exact) mass is 502 g/mol. The van der Waals surface area contributed by atoms with Gasteiger partial charge < -0.3 is 19.9 Å². The van der Waals surface area contributed by atoms with Crippen molar-refractivity contribution in [1.29, 1.82) is 0 Å². The topological polar surface area (TPSA) is 73.9 Å². The van der Waals surface area contributed by atoms with Gasteiger partial charge in [-0.25, -0.2) is 0 Å². The zero-order valence-corrected chi connectivity index (χ0v) is 21.6. The maximum absolute atomic E-state index is 12.5. The van der Waals surface area contributed by atoms with E-state index < -0.39 is 0 Å². The molecule has 0 bridgehead atoms. The molecule has 0 unspecified atom stereocenters. The lowest BCUT2D eigenvalue weighted by atomic mass is 9.94. The number of halogens is 1. The van der Waals surface area contributed by atoms with E-state index in [4.69, 9.17) is 28.6 Å². The first-order valence-corrected chi connectivity index (χ1v) is 12.1. The van der Waals surface area contributed by atoms with Crippen LogP contribution in [0.4, 0.5) is 11.4 Å². The van der Waals surface area contributed by atoms with Crippen LogP contribution in [0, 0.1) is 5.41 Å². The summed E-state index contributed by atoms with van der Waals surface area (Å²) < 4.78 is 5.44. The summed E-state index contributed by atoms with van der Waals surface area (Å²) in [7, 11) is 0. The van der Waals surface area contributed by atoms with Crippen LogP contribution in [0.1, 0.15) is 38.1 Å². The second-order valence-corrected chi connectivity index (χ2v) is 9.88. The van der Waals surface area contributed by atoms with Gasteiger partial charge in [-0.2, -0.15) is 0 Å². The Morgan fingerprint density at radius 1 is 1.09 bits per heavy atom. The van der Waals surface area contributed by atoms with E-state index >= 15 is 0 Å². The molecule has 0 aliphatic carbocycles. The highest BCUT2D eigenvalue weighted by atomic mass is 35.5. The molecule has 2 aromatic carbocycles. The van der Waals surface area contributed by atoms with Crippen LogP contribution in [0.25, 0.3) is 0 Å². The summed E-state index contributed by atoms with van der Waals surface area (Å²) in [6.45, 7) is 11.0. The molecule has 0 spiro atoms. The lowest BCUT2D eigenvalue weighted by Gasteiger charge is -2.39. The first-order valence-electron chi connectivity index (χ1n) is 11.3. The van der Waals surface area contributed by atoms with Gasteiger partial charge in [-0.05, 0) is 55.5 Å².